The lowest BCUT2D eigenvalue weighted by molar-refractivity contribution is 0.0780. The summed E-state index contributed by atoms with van der Waals surface area (Å²) < 4.78 is 2.09. The maximum Gasteiger partial charge on any atom is 0.255 e. The number of hydrogen-bond acceptors (Lipinski definition) is 3. The molecule has 0 atom stereocenters. The maximum absolute atomic E-state index is 12.4. The highest BCUT2D eigenvalue weighted by Gasteiger charge is 2.21. The van der Waals surface area contributed by atoms with E-state index in [0.29, 0.717) is 17.1 Å². The smallest absolute Gasteiger partial charge is 0.255 e. The average Bonchev–Trinajstić information content (AvgIpc) is 3.03. The van der Waals surface area contributed by atoms with Crippen LogP contribution in [-0.4, -0.2) is 32.6 Å². The van der Waals surface area contributed by atoms with E-state index in [1.54, 1.807) is 24.1 Å². The summed E-state index contributed by atoms with van der Waals surface area (Å²) in [5.41, 5.74) is 0.512. The molecule has 2 heterocycles. The molecule has 3 rings (SSSR count). The van der Waals surface area contributed by atoms with Gasteiger partial charge in [-0.3, -0.25) is 4.79 Å². The molecule has 1 aliphatic rings. The minimum Gasteiger partial charge on any atom is -0.334 e. The van der Waals surface area contributed by atoms with Crippen molar-refractivity contribution < 1.29 is 4.79 Å². The summed E-state index contributed by atoms with van der Waals surface area (Å²) in [7, 11) is 1.75. The maximum atomic E-state index is 12.4. The molecule has 104 valence electrons. The van der Waals surface area contributed by atoms with Crippen molar-refractivity contribution in [3.63, 3.8) is 0 Å². The van der Waals surface area contributed by atoms with E-state index >= 15 is 0 Å². The van der Waals surface area contributed by atoms with Crippen LogP contribution in [0.1, 0.15) is 28.4 Å². The lowest BCUT2D eigenvalue weighted by Gasteiger charge is -2.17. The van der Waals surface area contributed by atoms with Gasteiger partial charge in [-0.25, -0.2) is 0 Å². The highest BCUT2D eigenvalue weighted by molar-refractivity contribution is 6.33. The first-order chi connectivity index (χ1) is 9.66. The Hall–Kier alpha value is -1.88. The zero-order chi connectivity index (χ0) is 14.1. The van der Waals surface area contributed by atoms with Crippen molar-refractivity contribution in [2.24, 2.45) is 0 Å². The van der Waals surface area contributed by atoms with Crippen LogP contribution >= 0.6 is 11.6 Å². The molecule has 0 radical (unpaired) electrons. The molecule has 0 N–H and O–H groups in total. The minimum atomic E-state index is -0.106. The molecule has 1 aliphatic heterocycles. The fourth-order valence-corrected chi connectivity index (χ4v) is 2.67. The fourth-order valence-electron chi connectivity index (χ4n) is 2.45. The summed E-state index contributed by atoms with van der Waals surface area (Å²) in [6, 6.07) is 7.07. The van der Waals surface area contributed by atoms with Crippen LogP contribution < -0.4 is 0 Å². The van der Waals surface area contributed by atoms with Crippen LogP contribution in [0.5, 0.6) is 0 Å². The molecule has 0 bridgehead atoms. The van der Waals surface area contributed by atoms with Crippen LogP contribution in [0.15, 0.2) is 24.3 Å². The van der Waals surface area contributed by atoms with Crippen LogP contribution in [0.2, 0.25) is 5.02 Å². The van der Waals surface area contributed by atoms with Crippen molar-refractivity contribution in [1.29, 1.82) is 0 Å². The Balaban J connectivity index is 1.78. The average molecular weight is 291 g/mol. The Labute approximate surface area is 122 Å². The number of rotatable bonds is 3. The molecular formula is C14H15ClN4O. The van der Waals surface area contributed by atoms with E-state index < -0.39 is 0 Å². The largest absolute Gasteiger partial charge is 0.334 e. The first kappa shape index (κ1) is 13.1. The predicted octanol–water partition coefficient (Wildman–Crippen LogP) is 2.15. The van der Waals surface area contributed by atoms with E-state index in [4.69, 9.17) is 11.6 Å². The fraction of sp³-hybridized carbons (Fsp3) is 0.357. The number of benzene rings is 1. The topological polar surface area (TPSA) is 51.0 Å². The second-order valence-corrected chi connectivity index (χ2v) is 5.34. The second-order valence-electron chi connectivity index (χ2n) is 4.93. The first-order valence-electron chi connectivity index (χ1n) is 6.58. The molecule has 1 aromatic carbocycles. The van der Waals surface area contributed by atoms with E-state index in [1.165, 1.54) is 0 Å². The summed E-state index contributed by atoms with van der Waals surface area (Å²) in [6.45, 7) is 1.38. The van der Waals surface area contributed by atoms with E-state index in [2.05, 4.69) is 14.8 Å². The van der Waals surface area contributed by atoms with Gasteiger partial charge in [0.15, 0.2) is 5.82 Å². The number of aromatic nitrogens is 3. The van der Waals surface area contributed by atoms with Gasteiger partial charge in [-0.2, -0.15) is 0 Å². The molecule has 1 aromatic heterocycles. The zero-order valence-electron chi connectivity index (χ0n) is 11.2. The van der Waals surface area contributed by atoms with Gasteiger partial charge >= 0.3 is 0 Å². The Morgan fingerprint density at radius 2 is 2.20 bits per heavy atom. The lowest BCUT2D eigenvalue weighted by Crippen LogP contribution is -2.28. The number of fused-ring (bicyclic) bond motifs is 1. The Morgan fingerprint density at radius 1 is 1.40 bits per heavy atom. The number of nitrogens with zero attached hydrogens (tertiary/aromatic N) is 4. The van der Waals surface area contributed by atoms with Crippen molar-refractivity contribution in [3.05, 3.63) is 46.5 Å². The van der Waals surface area contributed by atoms with Gasteiger partial charge in [-0.05, 0) is 18.6 Å². The monoisotopic (exact) mass is 290 g/mol. The van der Waals surface area contributed by atoms with Crippen LogP contribution in [-0.2, 0) is 19.5 Å². The van der Waals surface area contributed by atoms with Crippen molar-refractivity contribution in [2.75, 3.05) is 7.05 Å². The first-order valence-corrected chi connectivity index (χ1v) is 6.95. The molecule has 5 nitrogen and oxygen atoms in total. The summed E-state index contributed by atoms with van der Waals surface area (Å²) in [4.78, 5) is 14.0. The number of carbonyl (C=O) groups is 1. The number of halogens is 1. The Morgan fingerprint density at radius 3 is 3.00 bits per heavy atom. The van der Waals surface area contributed by atoms with Gasteiger partial charge in [-0.1, -0.05) is 23.7 Å². The zero-order valence-corrected chi connectivity index (χ0v) is 12.0. The van der Waals surface area contributed by atoms with Crippen LogP contribution in [0, 0.1) is 0 Å². The molecule has 6 heteroatoms. The van der Waals surface area contributed by atoms with Crippen molar-refractivity contribution in [2.45, 2.75) is 25.9 Å². The molecule has 0 saturated heterocycles. The summed E-state index contributed by atoms with van der Waals surface area (Å²) >= 11 is 6.06. The van der Waals surface area contributed by atoms with Crippen LogP contribution in [0.25, 0.3) is 0 Å². The third-order valence-electron chi connectivity index (χ3n) is 3.52. The molecule has 2 aromatic rings. The van der Waals surface area contributed by atoms with E-state index in [9.17, 15) is 4.79 Å². The van der Waals surface area contributed by atoms with E-state index in [0.717, 1.165) is 31.0 Å². The third-order valence-corrected chi connectivity index (χ3v) is 3.85. The summed E-state index contributed by atoms with van der Waals surface area (Å²) in [5, 5.41) is 8.78. The van der Waals surface area contributed by atoms with Gasteiger partial charge in [0, 0.05) is 20.0 Å². The molecule has 0 fully saturated rings. The van der Waals surface area contributed by atoms with Gasteiger partial charge in [0.1, 0.15) is 5.82 Å². The van der Waals surface area contributed by atoms with Crippen molar-refractivity contribution >= 4 is 17.5 Å². The Bertz CT molecular complexity index is 652. The molecule has 0 aliphatic carbocycles. The molecule has 1 amide bonds. The molecule has 0 spiro atoms. The minimum absolute atomic E-state index is 0.106. The van der Waals surface area contributed by atoms with Crippen molar-refractivity contribution in [3.8, 4) is 0 Å². The second kappa shape index (κ2) is 5.25. The normalized spacial score (nSPS) is 13.3. The summed E-state index contributed by atoms with van der Waals surface area (Å²) in [6.07, 6.45) is 2.06. The quantitative estimate of drug-likeness (QED) is 0.870. The van der Waals surface area contributed by atoms with E-state index in [1.807, 2.05) is 12.1 Å². The van der Waals surface area contributed by atoms with Gasteiger partial charge in [0.25, 0.3) is 5.91 Å². The van der Waals surface area contributed by atoms with Gasteiger partial charge in [0.2, 0.25) is 0 Å². The van der Waals surface area contributed by atoms with E-state index in [-0.39, 0.29) is 5.91 Å². The van der Waals surface area contributed by atoms with Gasteiger partial charge in [0.05, 0.1) is 17.1 Å². The standard InChI is InChI=1S/C14H15ClN4O/c1-18(14(20)10-5-2-3-6-11(10)15)9-13-17-16-12-7-4-8-19(12)13/h2-3,5-6H,4,7-9H2,1H3. The third kappa shape index (κ3) is 2.29. The lowest BCUT2D eigenvalue weighted by atomic mass is 10.2. The molecule has 0 unspecified atom stereocenters. The predicted molar refractivity (Wildman–Crippen MR) is 75.6 cm³/mol. The molecular weight excluding hydrogens is 276 g/mol. The number of amides is 1. The van der Waals surface area contributed by atoms with Crippen LogP contribution in [0.4, 0.5) is 0 Å². The van der Waals surface area contributed by atoms with Gasteiger partial charge < -0.3 is 9.47 Å². The SMILES string of the molecule is CN(Cc1nnc2n1CCC2)C(=O)c1ccccc1Cl. The van der Waals surface area contributed by atoms with Gasteiger partial charge in [-0.15, -0.1) is 10.2 Å². The molecule has 0 saturated carbocycles. The summed E-state index contributed by atoms with van der Waals surface area (Å²) in [5.74, 6) is 1.74. The highest BCUT2D eigenvalue weighted by Crippen LogP contribution is 2.19. The van der Waals surface area contributed by atoms with Crippen LogP contribution in [0.3, 0.4) is 0 Å². The highest BCUT2D eigenvalue weighted by atomic mass is 35.5. The van der Waals surface area contributed by atoms with Crippen molar-refractivity contribution in [1.82, 2.24) is 19.7 Å². The number of hydrogen-bond donors (Lipinski definition) is 0. The number of aryl methyl sites for hydroxylation is 1. The number of carbonyl (C=O) groups excluding carboxylic acids is 1. The Kier molecular flexibility index (Phi) is 3.44. The molecule has 20 heavy (non-hydrogen) atoms.